The summed E-state index contributed by atoms with van der Waals surface area (Å²) in [6.07, 6.45) is 3.38. The van der Waals surface area contributed by atoms with E-state index in [2.05, 4.69) is 30.2 Å². The van der Waals surface area contributed by atoms with E-state index in [0.717, 1.165) is 11.4 Å². The number of amides is 1. The van der Waals surface area contributed by atoms with Gasteiger partial charge in [0.05, 0.1) is 7.11 Å². The van der Waals surface area contributed by atoms with Crippen molar-refractivity contribution in [3.63, 3.8) is 0 Å². The summed E-state index contributed by atoms with van der Waals surface area (Å²) in [5.74, 6) is 0.708. The van der Waals surface area contributed by atoms with E-state index in [1.165, 1.54) is 30.9 Å². The van der Waals surface area contributed by atoms with Crippen LogP contribution in [0, 0.1) is 11.3 Å². The fraction of sp³-hybridized carbons (Fsp3) is 0.222. The number of nitriles is 1. The van der Waals surface area contributed by atoms with Crippen molar-refractivity contribution < 1.29 is 18.8 Å². The van der Waals surface area contributed by atoms with Crippen LogP contribution in [0.25, 0.3) is 6.08 Å². The highest BCUT2D eigenvalue weighted by molar-refractivity contribution is 7.15. The number of nitrogens with one attached hydrogen (secondary N) is 1. The van der Waals surface area contributed by atoms with Crippen LogP contribution in [-0.4, -0.2) is 33.4 Å². The summed E-state index contributed by atoms with van der Waals surface area (Å²) < 4.78 is 15.6. The fourth-order valence-electron chi connectivity index (χ4n) is 2.22. The molecule has 0 saturated carbocycles. The van der Waals surface area contributed by atoms with Gasteiger partial charge in [-0.05, 0) is 30.2 Å². The molecule has 10 nitrogen and oxygen atoms in total. The van der Waals surface area contributed by atoms with E-state index < -0.39 is 5.91 Å². The molecule has 0 bridgehead atoms. The Labute approximate surface area is 169 Å². The van der Waals surface area contributed by atoms with Crippen molar-refractivity contribution in [2.24, 2.45) is 0 Å². The van der Waals surface area contributed by atoms with Gasteiger partial charge in [-0.3, -0.25) is 10.1 Å². The predicted molar refractivity (Wildman–Crippen MR) is 103 cm³/mol. The fourth-order valence-corrected chi connectivity index (χ4v) is 2.89. The SMILES string of the molecule is CCc1nnc(NC(=O)/C(C#N)=C/c2ccc(OCc3ncon3)c(OC)c2)s1. The summed E-state index contributed by atoms with van der Waals surface area (Å²) in [6.45, 7) is 2.05. The molecule has 0 radical (unpaired) electrons. The van der Waals surface area contributed by atoms with E-state index >= 15 is 0 Å². The lowest BCUT2D eigenvalue weighted by molar-refractivity contribution is -0.112. The molecule has 0 fully saturated rings. The summed E-state index contributed by atoms with van der Waals surface area (Å²) in [7, 11) is 1.49. The molecule has 29 heavy (non-hydrogen) atoms. The first kappa shape index (κ1) is 20.0. The summed E-state index contributed by atoms with van der Waals surface area (Å²) in [5, 5.41) is 24.6. The highest BCUT2D eigenvalue weighted by atomic mass is 32.1. The average molecular weight is 412 g/mol. The average Bonchev–Trinajstić information content (AvgIpc) is 3.42. The van der Waals surface area contributed by atoms with Gasteiger partial charge < -0.3 is 14.0 Å². The number of nitrogens with zero attached hydrogens (tertiary/aromatic N) is 5. The molecule has 1 N–H and O–H groups in total. The lowest BCUT2D eigenvalue weighted by atomic mass is 10.1. The normalized spacial score (nSPS) is 11.0. The van der Waals surface area contributed by atoms with E-state index in [1.807, 2.05) is 13.0 Å². The maximum Gasteiger partial charge on any atom is 0.268 e. The van der Waals surface area contributed by atoms with Gasteiger partial charge in [-0.15, -0.1) is 10.2 Å². The second-order valence-electron chi connectivity index (χ2n) is 5.52. The van der Waals surface area contributed by atoms with E-state index in [-0.39, 0.29) is 12.2 Å². The second kappa shape index (κ2) is 9.43. The van der Waals surface area contributed by atoms with Crippen LogP contribution < -0.4 is 14.8 Å². The van der Waals surface area contributed by atoms with Crippen molar-refractivity contribution in [1.82, 2.24) is 20.3 Å². The van der Waals surface area contributed by atoms with Gasteiger partial charge in [0.2, 0.25) is 17.3 Å². The highest BCUT2D eigenvalue weighted by Crippen LogP contribution is 2.29. The molecule has 0 aliphatic carbocycles. The number of aryl methyl sites for hydroxylation is 1. The molecule has 0 aliphatic heterocycles. The highest BCUT2D eigenvalue weighted by Gasteiger charge is 2.14. The molecule has 0 unspecified atom stereocenters. The van der Waals surface area contributed by atoms with Gasteiger partial charge in [0.1, 0.15) is 16.6 Å². The summed E-state index contributed by atoms with van der Waals surface area (Å²) in [6, 6.07) is 6.90. The molecule has 0 saturated heterocycles. The summed E-state index contributed by atoms with van der Waals surface area (Å²) in [4.78, 5) is 16.2. The Hall–Kier alpha value is -3.78. The Morgan fingerprint density at radius 1 is 1.38 bits per heavy atom. The van der Waals surface area contributed by atoms with Crippen LogP contribution >= 0.6 is 11.3 Å². The van der Waals surface area contributed by atoms with Crippen LogP contribution in [0.3, 0.4) is 0 Å². The first-order valence-electron chi connectivity index (χ1n) is 8.44. The number of carbonyl (C=O) groups is 1. The lowest BCUT2D eigenvalue weighted by Crippen LogP contribution is -2.13. The summed E-state index contributed by atoms with van der Waals surface area (Å²) >= 11 is 1.26. The minimum atomic E-state index is -0.567. The third-order valence-electron chi connectivity index (χ3n) is 3.62. The van der Waals surface area contributed by atoms with Crippen LogP contribution in [0.15, 0.2) is 34.7 Å². The van der Waals surface area contributed by atoms with Gasteiger partial charge in [-0.1, -0.05) is 29.5 Å². The van der Waals surface area contributed by atoms with Crippen LogP contribution in [0.5, 0.6) is 11.5 Å². The molecule has 1 amide bonds. The first-order valence-corrected chi connectivity index (χ1v) is 9.26. The molecular weight excluding hydrogens is 396 g/mol. The number of aromatic nitrogens is 4. The Morgan fingerprint density at radius 3 is 2.90 bits per heavy atom. The van der Waals surface area contributed by atoms with Gasteiger partial charge in [0.15, 0.2) is 18.1 Å². The van der Waals surface area contributed by atoms with Crippen LogP contribution in [0.4, 0.5) is 5.13 Å². The first-order chi connectivity index (χ1) is 14.1. The van der Waals surface area contributed by atoms with Crippen molar-refractivity contribution in [1.29, 1.82) is 5.26 Å². The van der Waals surface area contributed by atoms with Crippen LogP contribution in [0.1, 0.15) is 23.3 Å². The smallest absolute Gasteiger partial charge is 0.268 e. The molecule has 0 spiro atoms. The number of carbonyl (C=O) groups excluding carboxylic acids is 1. The van der Waals surface area contributed by atoms with E-state index in [4.69, 9.17) is 9.47 Å². The number of hydrogen-bond acceptors (Lipinski definition) is 10. The molecule has 0 aliphatic rings. The molecule has 1 aromatic carbocycles. The molecule has 11 heteroatoms. The van der Waals surface area contributed by atoms with Gasteiger partial charge in [0.25, 0.3) is 5.91 Å². The lowest BCUT2D eigenvalue weighted by Gasteiger charge is -2.10. The molecular formula is C18H16N6O4S. The Morgan fingerprint density at radius 2 is 2.24 bits per heavy atom. The third-order valence-corrected chi connectivity index (χ3v) is 4.60. The van der Waals surface area contributed by atoms with Gasteiger partial charge >= 0.3 is 0 Å². The van der Waals surface area contributed by atoms with E-state index in [0.29, 0.717) is 28.0 Å². The predicted octanol–water partition coefficient (Wildman–Crippen LogP) is 2.62. The van der Waals surface area contributed by atoms with Crippen molar-refractivity contribution in [2.75, 3.05) is 12.4 Å². The number of benzene rings is 1. The molecule has 0 atom stereocenters. The molecule has 2 aromatic heterocycles. The zero-order valence-corrected chi connectivity index (χ0v) is 16.4. The van der Waals surface area contributed by atoms with Crippen molar-refractivity contribution in [3.8, 4) is 17.6 Å². The second-order valence-corrected chi connectivity index (χ2v) is 6.59. The van der Waals surface area contributed by atoms with Gasteiger partial charge in [-0.25, -0.2) is 0 Å². The zero-order chi connectivity index (χ0) is 20.6. The Bertz CT molecular complexity index is 1050. The topological polar surface area (TPSA) is 136 Å². The number of hydrogen-bond donors (Lipinski definition) is 1. The number of methoxy groups -OCH3 is 1. The Kier molecular flexibility index (Phi) is 6.49. The number of ether oxygens (including phenoxy) is 2. The molecule has 3 rings (SSSR count). The van der Waals surface area contributed by atoms with Gasteiger partial charge in [-0.2, -0.15) is 10.2 Å². The number of rotatable bonds is 8. The monoisotopic (exact) mass is 412 g/mol. The maximum absolute atomic E-state index is 12.4. The summed E-state index contributed by atoms with van der Waals surface area (Å²) in [5.41, 5.74) is 0.507. The number of anilines is 1. The third kappa shape index (κ3) is 5.14. The van der Waals surface area contributed by atoms with Crippen molar-refractivity contribution >= 4 is 28.5 Å². The van der Waals surface area contributed by atoms with E-state index in [9.17, 15) is 10.1 Å². The standard InChI is InChI=1S/C18H16N6O4S/c1-3-16-22-23-18(29-16)21-17(25)12(8-19)6-11-4-5-13(14(7-11)26-2)27-9-15-20-10-28-24-15/h4-7,10H,3,9H2,1-2H3,(H,21,23,25)/b12-6+. The minimum absolute atomic E-state index is 0.0826. The van der Waals surface area contributed by atoms with Gasteiger partial charge in [0, 0.05) is 0 Å². The molecule has 148 valence electrons. The van der Waals surface area contributed by atoms with Crippen LogP contribution in [0.2, 0.25) is 0 Å². The van der Waals surface area contributed by atoms with Crippen molar-refractivity contribution in [3.05, 3.63) is 46.6 Å². The zero-order valence-electron chi connectivity index (χ0n) is 15.6. The quantitative estimate of drug-likeness (QED) is 0.437. The van der Waals surface area contributed by atoms with Crippen LogP contribution in [-0.2, 0) is 17.8 Å². The minimum Gasteiger partial charge on any atom is -0.493 e. The maximum atomic E-state index is 12.4. The molecule has 3 aromatic rings. The largest absolute Gasteiger partial charge is 0.493 e. The molecule has 2 heterocycles. The van der Waals surface area contributed by atoms with E-state index in [1.54, 1.807) is 18.2 Å². The van der Waals surface area contributed by atoms with Crippen molar-refractivity contribution in [2.45, 2.75) is 20.0 Å². The Balaban J connectivity index is 1.74.